The van der Waals surface area contributed by atoms with Crippen molar-refractivity contribution in [1.29, 1.82) is 0 Å². The molecule has 0 unspecified atom stereocenters. The standard InChI is InChI=1S/C12H15ClN4O/c1-17(2)10-5-3-9(4-6-10)14-12-16-15-11(18-12)7-8-13/h3-6H,7-8H2,1-2H3,(H,14,16). The van der Waals surface area contributed by atoms with Gasteiger partial charge in [0.15, 0.2) is 0 Å². The van der Waals surface area contributed by atoms with Crippen molar-refractivity contribution in [3.63, 3.8) is 0 Å². The highest BCUT2D eigenvalue weighted by atomic mass is 35.5. The summed E-state index contributed by atoms with van der Waals surface area (Å²) in [7, 11) is 4.00. The highest BCUT2D eigenvalue weighted by molar-refractivity contribution is 6.17. The zero-order valence-corrected chi connectivity index (χ0v) is 11.1. The highest BCUT2D eigenvalue weighted by Gasteiger charge is 2.05. The molecule has 5 nitrogen and oxygen atoms in total. The van der Waals surface area contributed by atoms with Gasteiger partial charge in [0.2, 0.25) is 5.89 Å². The SMILES string of the molecule is CN(C)c1ccc(Nc2nnc(CCCl)o2)cc1. The second kappa shape index (κ2) is 5.73. The molecule has 0 atom stereocenters. The molecule has 2 rings (SSSR count). The number of nitrogens with zero attached hydrogens (tertiary/aromatic N) is 3. The second-order valence-electron chi connectivity index (χ2n) is 4.01. The molecule has 1 heterocycles. The molecule has 0 saturated heterocycles. The summed E-state index contributed by atoms with van der Waals surface area (Å²) in [5.74, 6) is 1.01. The van der Waals surface area contributed by atoms with E-state index in [2.05, 4.69) is 15.5 Å². The van der Waals surface area contributed by atoms with Crippen LogP contribution >= 0.6 is 11.6 Å². The molecule has 2 aromatic rings. The molecule has 0 aliphatic carbocycles. The van der Waals surface area contributed by atoms with Crippen LogP contribution < -0.4 is 10.2 Å². The summed E-state index contributed by atoms with van der Waals surface area (Å²) >= 11 is 5.60. The molecule has 96 valence electrons. The molecule has 18 heavy (non-hydrogen) atoms. The molecule has 0 fully saturated rings. The van der Waals surface area contributed by atoms with Gasteiger partial charge in [0.25, 0.3) is 0 Å². The lowest BCUT2D eigenvalue weighted by Crippen LogP contribution is -2.08. The number of hydrogen-bond acceptors (Lipinski definition) is 5. The highest BCUT2D eigenvalue weighted by Crippen LogP contribution is 2.19. The minimum atomic E-state index is 0.382. The predicted molar refractivity (Wildman–Crippen MR) is 72.8 cm³/mol. The van der Waals surface area contributed by atoms with Gasteiger partial charge in [-0.15, -0.1) is 16.7 Å². The maximum absolute atomic E-state index is 5.60. The van der Waals surface area contributed by atoms with Crippen molar-refractivity contribution in [1.82, 2.24) is 10.2 Å². The summed E-state index contributed by atoms with van der Waals surface area (Å²) in [4.78, 5) is 2.04. The summed E-state index contributed by atoms with van der Waals surface area (Å²) in [5.41, 5.74) is 2.04. The van der Waals surface area contributed by atoms with Crippen molar-refractivity contribution < 1.29 is 4.42 Å². The van der Waals surface area contributed by atoms with Crippen LogP contribution in [0.25, 0.3) is 0 Å². The van der Waals surface area contributed by atoms with E-state index in [-0.39, 0.29) is 0 Å². The Balaban J connectivity index is 2.03. The quantitative estimate of drug-likeness (QED) is 0.843. The van der Waals surface area contributed by atoms with Crippen LogP contribution in [0, 0.1) is 0 Å². The topological polar surface area (TPSA) is 54.2 Å². The fourth-order valence-electron chi connectivity index (χ4n) is 1.45. The van der Waals surface area contributed by atoms with E-state index in [0.29, 0.717) is 24.2 Å². The zero-order chi connectivity index (χ0) is 13.0. The van der Waals surface area contributed by atoms with Crippen LogP contribution in [0.3, 0.4) is 0 Å². The number of anilines is 3. The van der Waals surface area contributed by atoms with Crippen LogP contribution in [0.2, 0.25) is 0 Å². The lowest BCUT2D eigenvalue weighted by atomic mass is 10.2. The lowest BCUT2D eigenvalue weighted by Gasteiger charge is -2.12. The summed E-state index contributed by atoms with van der Waals surface area (Å²) in [5, 5.41) is 10.8. The number of benzene rings is 1. The number of nitrogens with one attached hydrogen (secondary N) is 1. The fourth-order valence-corrected chi connectivity index (χ4v) is 1.61. The molecule has 0 aliphatic heterocycles. The Kier molecular flexibility index (Phi) is 4.04. The summed E-state index contributed by atoms with van der Waals surface area (Å²) in [6.07, 6.45) is 0.579. The predicted octanol–water partition coefficient (Wildman–Crippen LogP) is 2.66. The molecule has 0 radical (unpaired) electrons. The fraction of sp³-hybridized carbons (Fsp3) is 0.333. The second-order valence-corrected chi connectivity index (χ2v) is 4.38. The number of hydrogen-bond donors (Lipinski definition) is 1. The van der Waals surface area contributed by atoms with Gasteiger partial charge in [-0.2, -0.15) is 0 Å². The molecule has 0 bridgehead atoms. The first kappa shape index (κ1) is 12.7. The molecule has 0 saturated carbocycles. The number of halogens is 1. The van der Waals surface area contributed by atoms with E-state index in [0.717, 1.165) is 11.4 Å². The van der Waals surface area contributed by atoms with Crippen molar-refractivity contribution >= 4 is 29.0 Å². The number of alkyl halides is 1. The molecule has 0 aliphatic rings. The molecule has 0 amide bonds. The minimum Gasteiger partial charge on any atom is -0.408 e. The summed E-state index contributed by atoms with van der Waals surface area (Å²) < 4.78 is 5.38. The summed E-state index contributed by atoms with van der Waals surface area (Å²) in [6.45, 7) is 0. The van der Waals surface area contributed by atoms with Crippen LogP contribution in [0.4, 0.5) is 17.4 Å². The molecule has 0 spiro atoms. The average Bonchev–Trinajstić information content (AvgIpc) is 2.78. The molecule has 1 N–H and O–H groups in total. The van der Waals surface area contributed by atoms with Gasteiger partial charge in [-0.25, -0.2) is 0 Å². The minimum absolute atomic E-state index is 0.382. The molecular formula is C12H15ClN4O. The van der Waals surface area contributed by atoms with Gasteiger partial charge in [0, 0.05) is 37.8 Å². The van der Waals surface area contributed by atoms with Crippen LogP contribution in [-0.2, 0) is 6.42 Å². The molecule has 1 aromatic heterocycles. The van der Waals surface area contributed by atoms with E-state index in [9.17, 15) is 0 Å². The van der Waals surface area contributed by atoms with E-state index < -0.39 is 0 Å². The molecule has 6 heteroatoms. The number of aryl methyl sites for hydroxylation is 1. The Hall–Kier alpha value is -1.75. The maximum Gasteiger partial charge on any atom is 0.320 e. The van der Waals surface area contributed by atoms with Crippen molar-refractivity contribution in [3.05, 3.63) is 30.2 Å². The van der Waals surface area contributed by atoms with Gasteiger partial charge in [-0.3, -0.25) is 0 Å². The van der Waals surface area contributed by atoms with Gasteiger partial charge in [0.05, 0.1) is 0 Å². The maximum atomic E-state index is 5.60. The van der Waals surface area contributed by atoms with Gasteiger partial charge in [-0.05, 0) is 24.3 Å². The molecule has 1 aromatic carbocycles. The van der Waals surface area contributed by atoms with Crippen LogP contribution in [0.5, 0.6) is 0 Å². The van der Waals surface area contributed by atoms with E-state index in [4.69, 9.17) is 16.0 Å². The molecular weight excluding hydrogens is 252 g/mol. The Bertz CT molecular complexity index is 495. The summed E-state index contributed by atoms with van der Waals surface area (Å²) in [6, 6.07) is 8.32. The van der Waals surface area contributed by atoms with Crippen LogP contribution in [0.1, 0.15) is 5.89 Å². The van der Waals surface area contributed by atoms with Gasteiger partial charge in [-0.1, -0.05) is 5.10 Å². The Morgan fingerprint density at radius 3 is 2.56 bits per heavy atom. The van der Waals surface area contributed by atoms with E-state index in [1.54, 1.807) is 0 Å². The first-order valence-electron chi connectivity index (χ1n) is 5.62. The van der Waals surface area contributed by atoms with Gasteiger partial charge in [0.1, 0.15) is 0 Å². The van der Waals surface area contributed by atoms with Gasteiger partial charge >= 0.3 is 6.01 Å². The third-order valence-corrected chi connectivity index (χ3v) is 2.60. The normalized spacial score (nSPS) is 10.4. The first-order chi connectivity index (χ1) is 8.69. The zero-order valence-electron chi connectivity index (χ0n) is 10.4. The number of rotatable bonds is 5. The Morgan fingerprint density at radius 2 is 1.94 bits per heavy atom. The van der Waals surface area contributed by atoms with E-state index in [1.807, 2.05) is 43.3 Å². The third-order valence-electron chi connectivity index (χ3n) is 2.41. The van der Waals surface area contributed by atoms with Crippen LogP contribution in [0.15, 0.2) is 28.7 Å². The number of aromatic nitrogens is 2. The smallest absolute Gasteiger partial charge is 0.320 e. The van der Waals surface area contributed by atoms with Crippen LogP contribution in [-0.4, -0.2) is 30.2 Å². The first-order valence-corrected chi connectivity index (χ1v) is 6.15. The Labute approximate surface area is 111 Å². The third kappa shape index (κ3) is 3.13. The van der Waals surface area contributed by atoms with Crippen molar-refractivity contribution in [3.8, 4) is 0 Å². The largest absolute Gasteiger partial charge is 0.408 e. The van der Waals surface area contributed by atoms with E-state index in [1.165, 1.54) is 0 Å². The van der Waals surface area contributed by atoms with Crippen molar-refractivity contribution in [2.45, 2.75) is 6.42 Å². The van der Waals surface area contributed by atoms with E-state index >= 15 is 0 Å². The Morgan fingerprint density at radius 1 is 1.22 bits per heavy atom. The van der Waals surface area contributed by atoms with Gasteiger partial charge < -0.3 is 14.6 Å². The monoisotopic (exact) mass is 266 g/mol. The van der Waals surface area contributed by atoms with Crippen molar-refractivity contribution in [2.24, 2.45) is 0 Å². The average molecular weight is 267 g/mol. The lowest BCUT2D eigenvalue weighted by molar-refractivity contribution is 0.516. The van der Waals surface area contributed by atoms with Crippen molar-refractivity contribution in [2.75, 3.05) is 30.2 Å².